The Morgan fingerprint density at radius 3 is 2.45 bits per heavy atom. The maximum Gasteiger partial charge on any atom is 0.310 e. The third kappa shape index (κ3) is 3.74. The van der Waals surface area contributed by atoms with Gasteiger partial charge >= 0.3 is 5.97 Å². The number of nitrogen functional groups attached to an aromatic ring is 1. The number of carbonyl (C=O) groups excluding carboxylic acids is 2. The number of hydrogen-bond donors (Lipinski definition) is 1. The number of esters is 1. The topological polar surface area (TPSA) is 69.4 Å². The maximum absolute atomic E-state index is 12.5. The fourth-order valence-corrected chi connectivity index (χ4v) is 2.35. The van der Waals surface area contributed by atoms with Gasteiger partial charge in [-0.15, -0.1) is 0 Å². The number of carbonyl (C=O) groups is 2. The predicted octanol–water partition coefficient (Wildman–Crippen LogP) is 3.37. The van der Waals surface area contributed by atoms with Crippen molar-refractivity contribution in [2.75, 3.05) is 12.3 Å². The molecule has 4 nitrogen and oxygen atoms in total. The summed E-state index contributed by atoms with van der Waals surface area (Å²) in [4.78, 5) is 24.1. The molecule has 0 aliphatic carbocycles. The summed E-state index contributed by atoms with van der Waals surface area (Å²) in [5.74, 6) is -0.529. The summed E-state index contributed by atoms with van der Waals surface area (Å²) >= 11 is 3.33. The van der Waals surface area contributed by atoms with Gasteiger partial charge in [0.1, 0.15) is 0 Å². The monoisotopic (exact) mass is 361 g/mol. The van der Waals surface area contributed by atoms with Crippen molar-refractivity contribution in [3.05, 3.63) is 63.6 Å². The summed E-state index contributed by atoms with van der Waals surface area (Å²) < 4.78 is 5.81. The van der Waals surface area contributed by atoms with Crippen molar-refractivity contribution >= 4 is 33.4 Å². The molecule has 0 heterocycles. The van der Waals surface area contributed by atoms with Crippen molar-refractivity contribution < 1.29 is 14.3 Å². The Labute approximate surface area is 137 Å². The Hall–Kier alpha value is -2.14. The van der Waals surface area contributed by atoms with E-state index in [1.807, 2.05) is 0 Å². The minimum Gasteiger partial charge on any atom is -0.466 e. The Bertz CT molecular complexity index is 696. The van der Waals surface area contributed by atoms with Gasteiger partial charge < -0.3 is 10.5 Å². The van der Waals surface area contributed by atoms with Crippen LogP contribution in [0.2, 0.25) is 0 Å². The fourth-order valence-electron chi connectivity index (χ4n) is 2.09. The standard InChI is InChI=1S/C17H16BrNO3/c1-2-22-15(20)10-12-4-3-5-14(16(12)19)17(21)11-6-8-13(18)9-7-11/h3-9H,2,10,19H2,1H3. The molecule has 0 aromatic heterocycles. The molecule has 0 unspecified atom stereocenters. The predicted molar refractivity (Wildman–Crippen MR) is 88.8 cm³/mol. The second-order valence-electron chi connectivity index (χ2n) is 4.70. The normalized spacial score (nSPS) is 10.3. The molecule has 0 bridgehead atoms. The van der Waals surface area contributed by atoms with Gasteiger partial charge in [0.15, 0.2) is 5.78 Å². The molecule has 0 fully saturated rings. The molecule has 2 aromatic carbocycles. The van der Waals surface area contributed by atoms with E-state index in [4.69, 9.17) is 10.5 Å². The summed E-state index contributed by atoms with van der Waals surface area (Å²) in [6, 6.07) is 12.2. The van der Waals surface area contributed by atoms with Crippen molar-refractivity contribution in [3.63, 3.8) is 0 Å². The molecule has 2 N–H and O–H groups in total. The average molecular weight is 362 g/mol. The molecule has 0 spiro atoms. The van der Waals surface area contributed by atoms with Crippen LogP contribution in [0.25, 0.3) is 0 Å². The van der Waals surface area contributed by atoms with Crippen LogP contribution in [0, 0.1) is 0 Å². The van der Waals surface area contributed by atoms with Crippen LogP contribution in [0.15, 0.2) is 46.9 Å². The number of benzene rings is 2. The molecule has 5 heteroatoms. The lowest BCUT2D eigenvalue weighted by Gasteiger charge is -2.10. The van der Waals surface area contributed by atoms with E-state index in [-0.39, 0.29) is 18.2 Å². The number of ketones is 1. The highest BCUT2D eigenvalue weighted by molar-refractivity contribution is 9.10. The molecule has 22 heavy (non-hydrogen) atoms. The zero-order valence-electron chi connectivity index (χ0n) is 12.1. The lowest BCUT2D eigenvalue weighted by molar-refractivity contribution is -0.142. The van der Waals surface area contributed by atoms with Crippen molar-refractivity contribution in [2.24, 2.45) is 0 Å². The van der Waals surface area contributed by atoms with Crippen LogP contribution >= 0.6 is 15.9 Å². The first-order valence-electron chi connectivity index (χ1n) is 6.86. The molecule has 0 amide bonds. The van der Waals surface area contributed by atoms with Gasteiger partial charge in [-0.1, -0.05) is 28.1 Å². The fraction of sp³-hybridized carbons (Fsp3) is 0.176. The Kier molecular flexibility index (Phi) is 5.33. The summed E-state index contributed by atoms with van der Waals surface area (Å²) in [6.07, 6.45) is 0.0567. The number of rotatable bonds is 5. The molecule has 2 rings (SSSR count). The quantitative estimate of drug-likeness (QED) is 0.503. The Balaban J connectivity index is 2.30. The van der Waals surface area contributed by atoms with E-state index >= 15 is 0 Å². The van der Waals surface area contributed by atoms with Crippen molar-refractivity contribution in [3.8, 4) is 0 Å². The van der Waals surface area contributed by atoms with Crippen LogP contribution < -0.4 is 5.73 Å². The van der Waals surface area contributed by atoms with Crippen LogP contribution in [-0.2, 0) is 16.0 Å². The highest BCUT2D eigenvalue weighted by Gasteiger charge is 2.16. The molecule has 0 saturated heterocycles. The van der Waals surface area contributed by atoms with E-state index in [9.17, 15) is 9.59 Å². The van der Waals surface area contributed by atoms with Gasteiger partial charge in [0.2, 0.25) is 0 Å². The minimum absolute atomic E-state index is 0.0567. The van der Waals surface area contributed by atoms with Crippen LogP contribution in [0.5, 0.6) is 0 Å². The number of halogens is 1. The first-order valence-corrected chi connectivity index (χ1v) is 7.65. The maximum atomic E-state index is 12.5. The molecular weight excluding hydrogens is 346 g/mol. The van der Waals surface area contributed by atoms with E-state index < -0.39 is 0 Å². The largest absolute Gasteiger partial charge is 0.466 e. The number of para-hydroxylation sites is 1. The van der Waals surface area contributed by atoms with Gasteiger partial charge in [-0.2, -0.15) is 0 Å². The molecular formula is C17H16BrNO3. The average Bonchev–Trinajstić information content (AvgIpc) is 2.50. The highest BCUT2D eigenvalue weighted by Crippen LogP contribution is 2.22. The van der Waals surface area contributed by atoms with Crippen LogP contribution in [0.1, 0.15) is 28.4 Å². The van der Waals surface area contributed by atoms with Gasteiger partial charge in [0.05, 0.1) is 13.0 Å². The van der Waals surface area contributed by atoms with E-state index in [0.717, 1.165) is 4.47 Å². The third-order valence-electron chi connectivity index (χ3n) is 3.19. The first kappa shape index (κ1) is 16.2. The van der Waals surface area contributed by atoms with Gasteiger partial charge in [-0.05, 0) is 42.8 Å². The zero-order valence-corrected chi connectivity index (χ0v) is 13.7. The Morgan fingerprint density at radius 2 is 1.82 bits per heavy atom. The van der Waals surface area contributed by atoms with Gasteiger partial charge in [-0.25, -0.2) is 0 Å². The second kappa shape index (κ2) is 7.22. The van der Waals surface area contributed by atoms with Crippen molar-refractivity contribution in [2.45, 2.75) is 13.3 Å². The summed E-state index contributed by atoms with van der Waals surface area (Å²) in [6.45, 7) is 2.06. The van der Waals surface area contributed by atoms with Crippen LogP contribution in [0.3, 0.4) is 0 Å². The van der Waals surface area contributed by atoms with E-state index in [2.05, 4.69) is 15.9 Å². The van der Waals surface area contributed by atoms with E-state index in [0.29, 0.717) is 29.0 Å². The Morgan fingerprint density at radius 1 is 1.14 bits per heavy atom. The molecule has 0 aliphatic rings. The molecule has 0 atom stereocenters. The zero-order chi connectivity index (χ0) is 16.1. The first-order chi connectivity index (χ1) is 10.5. The van der Waals surface area contributed by atoms with E-state index in [1.165, 1.54) is 0 Å². The van der Waals surface area contributed by atoms with Crippen LogP contribution in [-0.4, -0.2) is 18.4 Å². The SMILES string of the molecule is CCOC(=O)Cc1cccc(C(=O)c2ccc(Br)cc2)c1N. The van der Waals surface area contributed by atoms with Crippen LogP contribution in [0.4, 0.5) is 5.69 Å². The molecule has 0 radical (unpaired) electrons. The van der Waals surface area contributed by atoms with Crippen molar-refractivity contribution in [1.82, 2.24) is 0 Å². The number of nitrogens with two attached hydrogens (primary N) is 1. The smallest absolute Gasteiger partial charge is 0.310 e. The van der Waals surface area contributed by atoms with E-state index in [1.54, 1.807) is 49.4 Å². The summed E-state index contributed by atoms with van der Waals surface area (Å²) in [5, 5.41) is 0. The lowest BCUT2D eigenvalue weighted by Crippen LogP contribution is -2.12. The highest BCUT2D eigenvalue weighted by atomic mass is 79.9. The summed E-state index contributed by atoms with van der Waals surface area (Å²) in [5.41, 5.74) is 7.92. The van der Waals surface area contributed by atoms with Gasteiger partial charge in [0, 0.05) is 21.3 Å². The second-order valence-corrected chi connectivity index (χ2v) is 5.61. The van der Waals surface area contributed by atoms with Gasteiger partial charge in [0.25, 0.3) is 0 Å². The van der Waals surface area contributed by atoms with Crippen molar-refractivity contribution in [1.29, 1.82) is 0 Å². The lowest BCUT2D eigenvalue weighted by atomic mass is 9.98. The van der Waals surface area contributed by atoms with Gasteiger partial charge in [-0.3, -0.25) is 9.59 Å². The number of hydrogen-bond acceptors (Lipinski definition) is 4. The number of anilines is 1. The molecule has 0 saturated carbocycles. The number of ether oxygens (including phenoxy) is 1. The molecule has 0 aliphatic heterocycles. The summed E-state index contributed by atoms with van der Waals surface area (Å²) in [7, 11) is 0. The molecule has 114 valence electrons. The molecule has 2 aromatic rings. The minimum atomic E-state index is -0.359. The third-order valence-corrected chi connectivity index (χ3v) is 3.72.